The van der Waals surface area contributed by atoms with Gasteiger partial charge in [-0.2, -0.15) is 0 Å². The molecule has 2 heterocycles. The monoisotopic (exact) mass is 989 g/mol. The number of H-pyrrole nitrogens is 2. The van der Waals surface area contributed by atoms with Gasteiger partial charge in [0.25, 0.3) is 11.1 Å². The van der Waals surface area contributed by atoms with E-state index >= 15 is 0 Å². The molecule has 0 aliphatic heterocycles. The average Bonchev–Trinajstić information content (AvgIpc) is 3.17. The van der Waals surface area contributed by atoms with E-state index in [-0.39, 0.29) is 40.7 Å². The number of carbonyl (C=O) groups excluding carboxylic acids is 4. The zero-order valence-electron chi connectivity index (χ0n) is 38.2. The number of likely N-dealkylation sites (N-methyl/N-ethyl adjacent to an activating group) is 2. The van der Waals surface area contributed by atoms with E-state index in [0.29, 0.717) is 64.5 Å². The highest BCUT2D eigenvalue weighted by Crippen LogP contribution is 2.23. The van der Waals surface area contributed by atoms with Crippen LogP contribution in [-0.4, -0.2) is 126 Å². The first kappa shape index (κ1) is 54.2. The molecular formula is C41H60BrCl2FN10O8. The standard InChI is InChI=1S/C20H28ClN5O4.C12H11BrClN3O2.C8H18N2O2.CH3F/c1-20(2,3)30-19(29)23-10-6-9-22-15(18(28)26(4)5)16-24-14-11-12(21)7-8-13(14)17(27)25-16;1-17(2)12(19)9(13)10-15-8-5-6(14)3-4-7(8)11(18)16-10;1-8(2,3)12-7(11)10-6-4-5-9;1-2/h7-8,11,15,22H,6,9-10H2,1-5H3,(H,23,29)(H,24,25,27);3-5,9H,1-2H3,(H,15,16,18);4-6,9H2,1-3H3,(H,10,11);1H3/i;;;1D. The Morgan fingerprint density at radius 1 is 0.778 bits per heavy atom. The Morgan fingerprint density at radius 2 is 1.19 bits per heavy atom. The summed E-state index contributed by atoms with van der Waals surface area (Å²) in [7, 11) is 5.51. The first-order chi connectivity index (χ1) is 29.7. The number of benzene rings is 2. The lowest BCUT2D eigenvalue weighted by atomic mass is 10.2. The van der Waals surface area contributed by atoms with Crippen LogP contribution in [0.5, 0.6) is 0 Å². The number of amides is 4. The molecule has 0 fully saturated rings. The Balaban J connectivity index is 0.000000512. The van der Waals surface area contributed by atoms with E-state index in [9.17, 15) is 33.2 Å². The van der Waals surface area contributed by atoms with Crippen LogP contribution in [0.3, 0.4) is 0 Å². The Hall–Kier alpha value is -4.89. The number of fused-ring (bicyclic) bond motifs is 2. The highest BCUT2D eigenvalue weighted by atomic mass is 79.9. The third kappa shape index (κ3) is 20.4. The van der Waals surface area contributed by atoms with E-state index in [4.69, 9.17) is 39.8 Å². The molecule has 0 spiro atoms. The number of alkyl carbamates (subject to hydrolysis) is 2. The number of nitrogens with one attached hydrogen (secondary N) is 5. The van der Waals surface area contributed by atoms with Crippen molar-refractivity contribution in [3.05, 3.63) is 78.8 Å². The van der Waals surface area contributed by atoms with Crippen LogP contribution in [0.4, 0.5) is 14.0 Å². The van der Waals surface area contributed by atoms with Gasteiger partial charge in [0.05, 0.1) is 30.3 Å². The maximum absolute atomic E-state index is 12.7. The van der Waals surface area contributed by atoms with Gasteiger partial charge in [-0.05, 0) is 104 Å². The highest BCUT2D eigenvalue weighted by Gasteiger charge is 2.25. The minimum atomic E-state index is -1.00. The van der Waals surface area contributed by atoms with Gasteiger partial charge in [-0.1, -0.05) is 39.1 Å². The summed E-state index contributed by atoms with van der Waals surface area (Å²) >= 11 is 15.1. The number of alkyl halides is 2. The summed E-state index contributed by atoms with van der Waals surface area (Å²) in [6, 6.07) is 8.75. The van der Waals surface area contributed by atoms with E-state index in [1.54, 1.807) is 85.4 Å². The van der Waals surface area contributed by atoms with Crippen molar-refractivity contribution in [2.24, 2.45) is 5.73 Å². The van der Waals surface area contributed by atoms with Gasteiger partial charge in [0.15, 0.2) is 4.83 Å². The van der Waals surface area contributed by atoms with Crippen LogP contribution in [0.15, 0.2) is 46.0 Å². The number of halogens is 4. The van der Waals surface area contributed by atoms with Gasteiger partial charge in [-0.3, -0.25) is 28.9 Å². The third-order valence-electron chi connectivity index (χ3n) is 7.65. The molecule has 7 N–H and O–H groups in total. The molecule has 63 heavy (non-hydrogen) atoms. The summed E-state index contributed by atoms with van der Waals surface area (Å²) in [6.07, 6.45) is 0.441. The summed E-state index contributed by atoms with van der Waals surface area (Å²) in [5, 5.41) is 10.1. The van der Waals surface area contributed by atoms with Gasteiger partial charge in [-0.25, -0.2) is 19.6 Å². The summed E-state index contributed by atoms with van der Waals surface area (Å²) < 4.78 is 25.7. The van der Waals surface area contributed by atoms with Crippen LogP contribution >= 0.6 is 39.1 Å². The predicted octanol–water partition coefficient (Wildman–Crippen LogP) is 5.76. The molecular weight excluding hydrogens is 930 g/mol. The van der Waals surface area contributed by atoms with E-state index in [1.807, 2.05) is 20.8 Å². The topological polar surface area (TPSA) is 247 Å². The quantitative estimate of drug-likeness (QED) is 0.0734. The van der Waals surface area contributed by atoms with Crippen LogP contribution in [-0.2, 0) is 19.1 Å². The van der Waals surface area contributed by atoms with Gasteiger partial charge in [0.2, 0.25) is 11.8 Å². The number of nitrogens with zero attached hydrogens (tertiary/aromatic N) is 4. The fourth-order valence-corrected chi connectivity index (χ4v) is 5.83. The molecule has 22 heteroatoms. The van der Waals surface area contributed by atoms with E-state index < -0.39 is 35.3 Å². The molecule has 0 saturated heterocycles. The minimum Gasteiger partial charge on any atom is -0.444 e. The third-order valence-corrected chi connectivity index (χ3v) is 8.95. The molecule has 18 nitrogen and oxygen atoms in total. The summed E-state index contributed by atoms with van der Waals surface area (Å²) in [4.78, 5) is 87.6. The van der Waals surface area contributed by atoms with Gasteiger partial charge in [0.1, 0.15) is 28.9 Å². The fourth-order valence-electron chi connectivity index (χ4n) is 4.87. The second-order valence-electron chi connectivity index (χ2n) is 15.8. The number of aromatic amines is 2. The average molecular weight is 992 g/mol. The second-order valence-corrected chi connectivity index (χ2v) is 17.6. The van der Waals surface area contributed by atoms with Crippen molar-refractivity contribution < 1.29 is 34.4 Å². The smallest absolute Gasteiger partial charge is 0.407 e. The van der Waals surface area contributed by atoms with Gasteiger partial charge in [0, 0.05) is 51.3 Å². The largest absolute Gasteiger partial charge is 0.444 e. The molecule has 4 aromatic rings. The molecule has 4 rings (SSSR count). The van der Waals surface area contributed by atoms with Crippen molar-refractivity contribution in [1.82, 2.24) is 45.7 Å². The molecule has 2 aromatic heterocycles. The maximum atomic E-state index is 12.7. The number of ether oxygens (including phenoxy) is 2. The summed E-state index contributed by atoms with van der Waals surface area (Å²) in [6.45, 7) is 12.8. The number of nitrogens with two attached hydrogens (primary N) is 1. The molecule has 2 atom stereocenters. The summed E-state index contributed by atoms with van der Waals surface area (Å²) in [5.74, 6) is -0.00353. The molecule has 0 aliphatic rings. The zero-order valence-corrected chi connectivity index (χ0v) is 40.3. The van der Waals surface area contributed by atoms with Crippen LogP contribution < -0.4 is 32.8 Å². The number of aromatic nitrogens is 4. The molecule has 0 bridgehead atoms. The number of hydrogen-bond donors (Lipinski definition) is 6. The predicted molar refractivity (Wildman–Crippen MR) is 248 cm³/mol. The zero-order chi connectivity index (χ0) is 48.9. The van der Waals surface area contributed by atoms with Crippen LogP contribution in [0.25, 0.3) is 21.8 Å². The lowest BCUT2D eigenvalue weighted by molar-refractivity contribution is -0.131. The lowest BCUT2D eigenvalue weighted by Gasteiger charge is -2.22. The number of hydrogen-bond acceptors (Lipinski definition) is 12. The Morgan fingerprint density at radius 3 is 1.60 bits per heavy atom. The van der Waals surface area contributed by atoms with Gasteiger partial charge >= 0.3 is 12.2 Å². The van der Waals surface area contributed by atoms with Crippen LogP contribution in [0.1, 0.15) is 78.3 Å². The van der Waals surface area contributed by atoms with Crippen molar-refractivity contribution in [3.8, 4) is 0 Å². The molecule has 0 aliphatic carbocycles. The van der Waals surface area contributed by atoms with Crippen molar-refractivity contribution >= 4 is 84.9 Å². The molecule has 350 valence electrons. The Labute approximate surface area is 386 Å². The SMILES string of the molecule is CC(C)(C)OC(=O)NCCCN.CN(C)C(=O)C(Br)c1nc2cc(Cl)ccc2c(=O)[nH]1.CN(C)C(=O)C(NCCCNC(=O)OC(C)(C)C)c1nc2cc(Cl)ccc2c(=O)[nH]1.[2H]CF. The van der Waals surface area contributed by atoms with Crippen LogP contribution in [0, 0.1) is 0 Å². The normalized spacial score (nSPS) is 12.1. The van der Waals surface area contributed by atoms with Gasteiger partial charge in [-0.15, -0.1) is 0 Å². The van der Waals surface area contributed by atoms with E-state index in [2.05, 4.69) is 51.8 Å². The van der Waals surface area contributed by atoms with Crippen molar-refractivity contribution in [1.29, 1.82) is 0 Å². The lowest BCUT2D eigenvalue weighted by Crippen LogP contribution is -2.40. The Kier molecular flexibility index (Phi) is 23.0. The maximum Gasteiger partial charge on any atom is 0.407 e. The molecule has 0 saturated carbocycles. The Bertz CT molecular complexity index is 2270. The molecule has 2 unspecified atom stereocenters. The minimum absolute atomic E-state index is 0.202. The van der Waals surface area contributed by atoms with E-state index in [1.165, 1.54) is 9.80 Å². The van der Waals surface area contributed by atoms with Crippen LogP contribution in [0.2, 0.25) is 10.0 Å². The van der Waals surface area contributed by atoms with Crippen molar-refractivity contribution in [3.63, 3.8) is 0 Å². The fraction of sp³-hybridized carbons (Fsp3) is 0.512. The second kappa shape index (κ2) is 26.7. The number of rotatable bonds is 12. The highest BCUT2D eigenvalue weighted by molar-refractivity contribution is 9.09. The van der Waals surface area contributed by atoms with Gasteiger partial charge < -0.3 is 45.6 Å². The first-order valence-electron chi connectivity index (χ1n) is 20.1. The van der Waals surface area contributed by atoms with E-state index in [0.717, 1.165) is 6.42 Å². The summed E-state index contributed by atoms with van der Waals surface area (Å²) in [5.41, 5.74) is 4.48. The molecule has 2 aromatic carbocycles. The molecule has 4 amide bonds. The first-order valence-corrected chi connectivity index (χ1v) is 21.1. The number of carbonyl (C=O) groups is 4. The molecule has 0 radical (unpaired) electrons. The van der Waals surface area contributed by atoms with Crippen molar-refractivity contribution in [2.45, 2.75) is 76.5 Å². The van der Waals surface area contributed by atoms with Crippen molar-refractivity contribution in [2.75, 3.05) is 61.5 Å².